The lowest BCUT2D eigenvalue weighted by atomic mass is 10.0. The highest BCUT2D eigenvalue weighted by Crippen LogP contribution is 2.14. The molecule has 2 fully saturated rings. The molecule has 2 atom stereocenters. The Kier molecular flexibility index (Phi) is 8.33. The molecule has 0 aromatic rings. The van der Waals surface area contributed by atoms with Crippen molar-refractivity contribution in [1.82, 2.24) is 20.9 Å². The maximum Gasteiger partial charge on any atom is 0.0330 e. The smallest absolute Gasteiger partial charge is 0.0330 e. The lowest BCUT2D eigenvalue weighted by Crippen LogP contribution is -2.40. The predicted octanol–water partition coefficient (Wildman–Crippen LogP) is 2.79. The van der Waals surface area contributed by atoms with E-state index in [-0.39, 0.29) is 0 Å². The summed E-state index contributed by atoms with van der Waals surface area (Å²) in [5.41, 5.74) is 1.40. The molecule has 3 rings (SSSR count). The number of hydrogen-bond donors (Lipinski definition) is 3. The van der Waals surface area contributed by atoms with Gasteiger partial charge in [-0.1, -0.05) is 25.0 Å². The van der Waals surface area contributed by atoms with E-state index in [0.29, 0.717) is 0 Å². The first kappa shape index (κ1) is 18.9. The molecular formula is C21H38N4. The van der Waals surface area contributed by atoms with Gasteiger partial charge in [0.1, 0.15) is 0 Å². The third-order valence-corrected chi connectivity index (χ3v) is 5.99. The summed E-state index contributed by atoms with van der Waals surface area (Å²) in [7, 11) is 0. The largest absolute Gasteiger partial charge is 0.385 e. The van der Waals surface area contributed by atoms with Crippen LogP contribution >= 0.6 is 0 Å². The Morgan fingerprint density at radius 3 is 2.08 bits per heavy atom. The molecular weight excluding hydrogens is 308 g/mol. The summed E-state index contributed by atoms with van der Waals surface area (Å²) in [6.07, 6.45) is 18.7. The summed E-state index contributed by atoms with van der Waals surface area (Å²) in [5, 5.41) is 10.9. The maximum atomic E-state index is 3.71. The van der Waals surface area contributed by atoms with Crippen molar-refractivity contribution in [3.05, 3.63) is 23.9 Å². The Labute approximate surface area is 154 Å². The van der Waals surface area contributed by atoms with Crippen LogP contribution < -0.4 is 16.0 Å². The van der Waals surface area contributed by atoms with Crippen LogP contribution in [0.5, 0.6) is 0 Å². The molecule has 3 N–H and O–H groups in total. The third kappa shape index (κ3) is 7.12. The minimum atomic E-state index is 0.749. The molecule has 0 aromatic heterocycles. The van der Waals surface area contributed by atoms with Crippen molar-refractivity contribution >= 4 is 0 Å². The minimum absolute atomic E-state index is 0.749. The number of nitrogens with zero attached hydrogens (tertiary/aromatic N) is 1. The Morgan fingerprint density at radius 1 is 0.880 bits per heavy atom. The van der Waals surface area contributed by atoms with E-state index in [1.165, 1.54) is 89.8 Å². The fraction of sp³-hybridized carbons (Fsp3) is 0.810. The van der Waals surface area contributed by atoms with Gasteiger partial charge in [-0.25, -0.2) is 0 Å². The highest BCUT2D eigenvalue weighted by Gasteiger charge is 2.17. The molecule has 0 spiro atoms. The molecule has 25 heavy (non-hydrogen) atoms. The highest BCUT2D eigenvalue weighted by atomic mass is 15.1. The van der Waals surface area contributed by atoms with Crippen molar-refractivity contribution in [3.8, 4) is 0 Å². The predicted molar refractivity (Wildman–Crippen MR) is 107 cm³/mol. The SMILES string of the molecule is C1=CCNC(CCN(CCC2CCCCN2)CCC2CCCCN2)=C1. The Hall–Kier alpha value is -0.840. The van der Waals surface area contributed by atoms with Gasteiger partial charge in [-0.15, -0.1) is 0 Å². The van der Waals surface area contributed by atoms with Crippen LogP contribution in [-0.2, 0) is 0 Å². The van der Waals surface area contributed by atoms with Gasteiger partial charge in [0, 0.05) is 30.9 Å². The molecule has 0 radical (unpaired) electrons. The van der Waals surface area contributed by atoms with Crippen LogP contribution in [0.3, 0.4) is 0 Å². The van der Waals surface area contributed by atoms with Gasteiger partial charge in [0.2, 0.25) is 0 Å². The van der Waals surface area contributed by atoms with Crippen molar-refractivity contribution in [3.63, 3.8) is 0 Å². The number of piperidine rings is 2. The summed E-state index contributed by atoms with van der Waals surface area (Å²) in [5.74, 6) is 0. The normalized spacial score (nSPS) is 27.2. The molecule has 0 bridgehead atoms. The van der Waals surface area contributed by atoms with Gasteiger partial charge < -0.3 is 20.9 Å². The quantitative estimate of drug-likeness (QED) is 0.600. The second kappa shape index (κ2) is 11.0. The van der Waals surface area contributed by atoms with E-state index in [4.69, 9.17) is 0 Å². The van der Waals surface area contributed by atoms with Crippen molar-refractivity contribution in [2.45, 2.75) is 69.9 Å². The molecule has 142 valence electrons. The molecule has 0 aliphatic carbocycles. The van der Waals surface area contributed by atoms with Crippen LogP contribution in [0.25, 0.3) is 0 Å². The Balaban J connectivity index is 1.43. The first-order chi connectivity index (χ1) is 12.4. The van der Waals surface area contributed by atoms with Crippen molar-refractivity contribution in [2.24, 2.45) is 0 Å². The highest BCUT2D eigenvalue weighted by molar-refractivity contribution is 5.16. The molecule has 4 heteroatoms. The van der Waals surface area contributed by atoms with Gasteiger partial charge in [-0.2, -0.15) is 0 Å². The van der Waals surface area contributed by atoms with Gasteiger partial charge in [0.25, 0.3) is 0 Å². The van der Waals surface area contributed by atoms with Gasteiger partial charge in [-0.3, -0.25) is 0 Å². The summed E-state index contributed by atoms with van der Waals surface area (Å²) in [6.45, 7) is 7.11. The van der Waals surface area contributed by atoms with E-state index < -0.39 is 0 Å². The van der Waals surface area contributed by atoms with Gasteiger partial charge in [0.15, 0.2) is 0 Å². The molecule has 3 heterocycles. The van der Waals surface area contributed by atoms with E-state index in [0.717, 1.165) is 25.0 Å². The number of hydrogen-bond acceptors (Lipinski definition) is 4. The second-order valence-electron chi connectivity index (χ2n) is 7.96. The van der Waals surface area contributed by atoms with Crippen molar-refractivity contribution < 1.29 is 0 Å². The second-order valence-corrected chi connectivity index (χ2v) is 7.96. The molecule has 0 saturated carbocycles. The van der Waals surface area contributed by atoms with E-state index in [1.54, 1.807) is 0 Å². The fourth-order valence-electron chi connectivity index (χ4n) is 4.30. The molecule has 3 aliphatic heterocycles. The number of allylic oxidation sites excluding steroid dienone is 2. The summed E-state index contributed by atoms with van der Waals surface area (Å²) < 4.78 is 0. The first-order valence-electron chi connectivity index (χ1n) is 10.7. The third-order valence-electron chi connectivity index (χ3n) is 5.99. The minimum Gasteiger partial charge on any atom is -0.385 e. The van der Waals surface area contributed by atoms with Crippen LogP contribution in [0, 0.1) is 0 Å². The molecule has 3 aliphatic rings. The van der Waals surface area contributed by atoms with Gasteiger partial charge in [0.05, 0.1) is 0 Å². The van der Waals surface area contributed by atoms with Crippen LogP contribution in [0.2, 0.25) is 0 Å². The summed E-state index contributed by atoms with van der Waals surface area (Å²) >= 11 is 0. The lowest BCUT2D eigenvalue weighted by Gasteiger charge is -2.30. The average molecular weight is 347 g/mol. The topological polar surface area (TPSA) is 39.3 Å². The maximum absolute atomic E-state index is 3.71. The van der Waals surface area contributed by atoms with E-state index >= 15 is 0 Å². The van der Waals surface area contributed by atoms with Crippen LogP contribution in [0.15, 0.2) is 23.9 Å². The Morgan fingerprint density at radius 2 is 1.56 bits per heavy atom. The zero-order chi connectivity index (χ0) is 17.2. The zero-order valence-electron chi connectivity index (χ0n) is 15.9. The average Bonchev–Trinajstić information content (AvgIpc) is 2.70. The van der Waals surface area contributed by atoms with E-state index in [1.807, 2.05) is 0 Å². The monoisotopic (exact) mass is 346 g/mol. The summed E-state index contributed by atoms with van der Waals surface area (Å²) in [4.78, 5) is 2.72. The Bertz CT molecular complexity index is 398. The van der Waals surface area contributed by atoms with Crippen LogP contribution in [-0.4, -0.2) is 56.3 Å². The first-order valence-corrected chi connectivity index (χ1v) is 10.7. The van der Waals surface area contributed by atoms with Crippen molar-refractivity contribution in [1.29, 1.82) is 0 Å². The lowest BCUT2D eigenvalue weighted by molar-refractivity contribution is 0.228. The van der Waals surface area contributed by atoms with Crippen molar-refractivity contribution in [2.75, 3.05) is 39.3 Å². The molecule has 2 unspecified atom stereocenters. The fourth-order valence-corrected chi connectivity index (χ4v) is 4.30. The molecule has 0 amide bonds. The number of dihydropyridines is 1. The van der Waals surface area contributed by atoms with Crippen LogP contribution in [0.1, 0.15) is 57.8 Å². The zero-order valence-corrected chi connectivity index (χ0v) is 15.9. The van der Waals surface area contributed by atoms with Gasteiger partial charge >= 0.3 is 0 Å². The van der Waals surface area contributed by atoms with E-state index in [2.05, 4.69) is 39.1 Å². The standard InChI is InChI=1S/C21H38N4/c1-4-13-22-19(7-1)10-16-25(17-11-20-8-2-5-14-23-20)18-12-21-9-3-6-15-24-21/h1,4,7,20-24H,2-3,5-6,8-18H2. The molecule has 4 nitrogen and oxygen atoms in total. The summed E-state index contributed by atoms with van der Waals surface area (Å²) in [6, 6.07) is 1.50. The number of nitrogens with one attached hydrogen (secondary N) is 3. The van der Waals surface area contributed by atoms with Crippen LogP contribution in [0.4, 0.5) is 0 Å². The molecule has 2 saturated heterocycles. The van der Waals surface area contributed by atoms with E-state index in [9.17, 15) is 0 Å². The number of rotatable bonds is 9. The van der Waals surface area contributed by atoms with Gasteiger partial charge in [-0.05, 0) is 77.2 Å². The molecule has 0 aromatic carbocycles.